The maximum Gasteiger partial charge on any atom is 0.251 e. The number of piperidine rings is 1. The predicted octanol–water partition coefficient (Wildman–Crippen LogP) is 2.22. The van der Waals surface area contributed by atoms with Gasteiger partial charge in [-0.3, -0.25) is 9.79 Å². The second-order valence-corrected chi connectivity index (χ2v) is 7.36. The maximum absolute atomic E-state index is 12.0. The fraction of sp³-hybridized carbons (Fsp3) is 0.579. The van der Waals surface area contributed by atoms with Crippen LogP contribution in [0.25, 0.3) is 0 Å². The van der Waals surface area contributed by atoms with Crippen LogP contribution in [0, 0.1) is 0 Å². The van der Waals surface area contributed by atoms with Crippen molar-refractivity contribution >= 4 is 27.8 Å². The van der Waals surface area contributed by atoms with Crippen LogP contribution in [-0.2, 0) is 0 Å². The third-order valence-electron chi connectivity index (χ3n) is 4.41. The number of carbonyl (C=O) groups excluding carboxylic acids is 1. The van der Waals surface area contributed by atoms with Gasteiger partial charge >= 0.3 is 0 Å². The van der Waals surface area contributed by atoms with Crippen LogP contribution in [0.4, 0.5) is 0 Å². The Morgan fingerprint density at radius 1 is 1.12 bits per heavy atom. The van der Waals surface area contributed by atoms with Gasteiger partial charge < -0.3 is 20.9 Å². The second kappa shape index (κ2) is 11.9. The molecule has 1 heterocycles. The molecule has 1 aromatic carbocycles. The van der Waals surface area contributed by atoms with E-state index in [0.717, 1.165) is 36.5 Å². The molecule has 6 nitrogen and oxygen atoms in total. The molecule has 1 fully saturated rings. The van der Waals surface area contributed by atoms with Gasteiger partial charge in [0.1, 0.15) is 0 Å². The first-order valence-electron chi connectivity index (χ1n) is 9.39. The van der Waals surface area contributed by atoms with Crippen LogP contribution in [0.3, 0.4) is 0 Å². The Balaban J connectivity index is 1.55. The molecule has 3 N–H and O–H groups in total. The number of aliphatic imine (C=N–C) groups is 1. The van der Waals surface area contributed by atoms with E-state index in [1.54, 1.807) is 7.05 Å². The minimum absolute atomic E-state index is 0.0460. The Morgan fingerprint density at radius 3 is 2.58 bits per heavy atom. The molecule has 0 saturated carbocycles. The Morgan fingerprint density at radius 2 is 1.85 bits per heavy atom. The van der Waals surface area contributed by atoms with Gasteiger partial charge in [-0.15, -0.1) is 0 Å². The van der Waals surface area contributed by atoms with Crippen LogP contribution in [0.2, 0.25) is 0 Å². The van der Waals surface area contributed by atoms with Crippen LogP contribution in [0.15, 0.2) is 33.7 Å². The fourth-order valence-electron chi connectivity index (χ4n) is 2.96. The lowest BCUT2D eigenvalue weighted by Gasteiger charge is -2.26. The van der Waals surface area contributed by atoms with Crippen molar-refractivity contribution in [3.63, 3.8) is 0 Å². The highest BCUT2D eigenvalue weighted by Gasteiger charge is 2.09. The zero-order valence-corrected chi connectivity index (χ0v) is 17.1. The van der Waals surface area contributed by atoms with Crippen molar-refractivity contribution in [1.29, 1.82) is 0 Å². The number of hydrogen-bond acceptors (Lipinski definition) is 3. The van der Waals surface area contributed by atoms with Crippen molar-refractivity contribution in [2.45, 2.75) is 25.7 Å². The lowest BCUT2D eigenvalue weighted by Crippen LogP contribution is -2.43. The van der Waals surface area contributed by atoms with Crippen molar-refractivity contribution in [2.24, 2.45) is 4.99 Å². The summed E-state index contributed by atoms with van der Waals surface area (Å²) in [7, 11) is 1.78. The smallest absolute Gasteiger partial charge is 0.251 e. The van der Waals surface area contributed by atoms with Gasteiger partial charge in [-0.25, -0.2) is 0 Å². The number of halogens is 1. The van der Waals surface area contributed by atoms with Gasteiger partial charge in [-0.05, 0) is 50.6 Å². The van der Waals surface area contributed by atoms with Gasteiger partial charge in [0.25, 0.3) is 5.91 Å². The summed E-state index contributed by atoms with van der Waals surface area (Å²) in [5.74, 6) is 0.774. The number of likely N-dealkylation sites (tertiary alicyclic amines) is 1. The Labute approximate surface area is 165 Å². The lowest BCUT2D eigenvalue weighted by molar-refractivity contribution is 0.0953. The molecule has 0 atom stereocenters. The normalized spacial score (nSPS) is 15.5. The monoisotopic (exact) mass is 423 g/mol. The summed E-state index contributed by atoms with van der Waals surface area (Å²) in [6.45, 7) is 5.78. The molecule has 0 radical (unpaired) electrons. The van der Waals surface area contributed by atoms with E-state index in [0.29, 0.717) is 12.1 Å². The molecule has 0 aliphatic carbocycles. The highest BCUT2D eigenvalue weighted by molar-refractivity contribution is 9.10. The molecule has 1 aliphatic rings. The number of benzene rings is 1. The summed E-state index contributed by atoms with van der Waals surface area (Å²) >= 11 is 3.38. The van der Waals surface area contributed by atoms with Crippen LogP contribution in [0.5, 0.6) is 0 Å². The molecule has 0 spiro atoms. The molecule has 7 heteroatoms. The highest BCUT2D eigenvalue weighted by atomic mass is 79.9. The summed E-state index contributed by atoms with van der Waals surface area (Å²) in [5, 5.41) is 9.58. The van der Waals surface area contributed by atoms with Gasteiger partial charge in [-0.1, -0.05) is 28.4 Å². The SMILES string of the molecule is CN=C(NCCCNC(=O)c1cccc(Br)c1)NCCN1CCCCC1. The molecule has 1 amide bonds. The standard InChI is InChI=1S/C19H30BrN5O/c1-21-19(24-11-14-25-12-3-2-4-13-25)23-10-6-9-22-18(26)16-7-5-8-17(20)15-16/h5,7-8,15H,2-4,6,9-14H2,1H3,(H,22,26)(H2,21,23,24). The maximum atomic E-state index is 12.0. The Bertz CT molecular complexity index is 587. The zero-order chi connectivity index (χ0) is 18.6. The molecule has 1 aromatic rings. The third-order valence-corrected chi connectivity index (χ3v) is 4.90. The Kier molecular flexibility index (Phi) is 9.48. The number of nitrogens with one attached hydrogen (secondary N) is 3. The highest BCUT2D eigenvalue weighted by Crippen LogP contribution is 2.11. The average Bonchev–Trinajstić information content (AvgIpc) is 2.67. The van der Waals surface area contributed by atoms with E-state index in [2.05, 4.69) is 41.8 Å². The molecule has 1 saturated heterocycles. The average molecular weight is 424 g/mol. The molecule has 26 heavy (non-hydrogen) atoms. The zero-order valence-electron chi connectivity index (χ0n) is 15.6. The molecule has 0 unspecified atom stereocenters. The van der Waals surface area contributed by atoms with E-state index >= 15 is 0 Å². The number of guanidine groups is 1. The lowest BCUT2D eigenvalue weighted by atomic mass is 10.1. The first kappa shape index (κ1) is 20.7. The van der Waals surface area contributed by atoms with Gasteiger partial charge in [0.2, 0.25) is 0 Å². The van der Waals surface area contributed by atoms with Crippen molar-refractivity contribution in [3.8, 4) is 0 Å². The van der Waals surface area contributed by atoms with Crippen molar-refractivity contribution in [2.75, 3.05) is 46.3 Å². The minimum atomic E-state index is -0.0460. The topological polar surface area (TPSA) is 68.8 Å². The first-order valence-corrected chi connectivity index (χ1v) is 10.2. The van der Waals surface area contributed by atoms with E-state index in [1.165, 1.54) is 32.4 Å². The van der Waals surface area contributed by atoms with E-state index in [9.17, 15) is 4.79 Å². The van der Waals surface area contributed by atoms with Crippen molar-refractivity contribution < 1.29 is 4.79 Å². The first-order chi connectivity index (χ1) is 12.7. The molecule has 144 valence electrons. The summed E-state index contributed by atoms with van der Waals surface area (Å²) in [5.41, 5.74) is 0.669. The molecular formula is C19H30BrN5O. The van der Waals surface area contributed by atoms with E-state index < -0.39 is 0 Å². The number of rotatable bonds is 8. The third kappa shape index (κ3) is 7.74. The van der Waals surface area contributed by atoms with Crippen molar-refractivity contribution in [3.05, 3.63) is 34.3 Å². The number of carbonyl (C=O) groups is 1. The molecule has 0 aromatic heterocycles. The molecular weight excluding hydrogens is 394 g/mol. The summed E-state index contributed by atoms with van der Waals surface area (Å²) in [6, 6.07) is 7.40. The Hall–Kier alpha value is -1.60. The van der Waals surface area contributed by atoms with E-state index in [-0.39, 0.29) is 5.91 Å². The molecule has 2 rings (SSSR count). The summed E-state index contributed by atoms with van der Waals surface area (Å²) in [6.07, 6.45) is 4.84. The molecule has 0 bridgehead atoms. The quantitative estimate of drug-likeness (QED) is 0.340. The van der Waals surface area contributed by atoms with Gasteiger partial charge in [0.05, 0.1) is 0 Å². The van der Waals surface area contributed by atoms with Crippen LogP contribution >= 0.6 is 15.9 Å². The summed E-state index contributed by atoms with van der Waals surface area (Å²) < 4.78 is 0.909. The van der Waals surface area contributed by atoms with E-state index in [1.807, 2.05) is 24.3 Å². The van der Waals surface area contributed by atoms with Crippen LogP contribution < -0.4 is 16.0 Å². The number of nitrogens with zero attached hydrogens (tertiary/aromatic N) is 2. The second-order valence-electron chi connectivity index (χ2n) is 6.45. The van der Waals surface area contributed by atoms with Crippen LogP contribution in [-0.4, -0.2) is 63.1 Å². The minimum Gasteiger partial charge on any atom is -0.356 e. The van der Waals surface area contributed by atoms with E-state index in [4.69, 9.17) is 0 Å². The van der Waals surface area contributed by atoms with Gasteiger partial charge in [-0.2, -0.15) is 0 Å². The van der Waals surface area contributed by atoms with Gasteiger partial charge in [0, 0.05) is 43.3 Å². The number of amides is 1. The van der Waals surface area contributed by atoms with Crippen molar-refractivity contribution in [1.82, 2.24) is 20.9 Å². The largest absolute Gasteiger partial charge is 0.356 e. The van der Waals surface area contributed by atoms with Gasteiger partial charge in [0.15, 0.2) is 5.96 Å². The number of hydrogen-bond donors (Lipinski definition) is 3. The summed E-state index contributed by atoms with van der Waals surface area (Å²) in [4.78, 5) is 18.8. The predicted molar refractivity (Wildman–Crippen MR) is 111 cm³/mol. The molecule has 1 aliphatic heterocycles. The van der Waals surface area contributed by atoms with Crippen LogP contribution in [0.1, 0.15) is 36.0 Å². The fourth-order valence-corrected chi connectivity index (χ4v) is 3.36.